The van der Waals surface area contributed by atoms with Crippen LogP contribution in [0.5, 0.6) is 0 Å². The van der Waals surface area contributed by atoms with Gasteiger partial charge in [0.05, 0.1) is 0 Å². The first kappa shape index (κ1) is 16.1. The standard InChI is InChI=1S/C11H17FN2O3S2/c1-8-6-9(13)7-10(11(8)12)19(16,17)14-4-3-5-18(2)15/h6-7,14H,3-5,13H2,1-2H3. The van der Waals surface area contributed by atoms with Crippen LogP contribution >= 0.6 is 0 Å². The highest BCUT2D eigenvalue weighted by molar-refractivity contribution is 7.89. The zero-order valence-electron chi connectivity index (χ0n) is 10.8. The van der Waals surface area contributed by atoms with E-state index in [9.17, 15) is 17.0 Å². The average molecular weight is 308 g/mol. The molecule has 3 N–H and O–H groups in total. The molecule has 0 radical (unpaired) electrons. The molecule has 0 saturated carbocycles. The topological polar surface area (TPSA) is 89.3 Å². The minimum Gasteiger partial charge on any atom is -0.399 e. The van der Waals surface area contributed by atoms with E-state index in [1.54, 1.807) is 0 Å². The van der Waals surface area contributed by atoms with E-state index in [1.165, 1.54) is 19.2 Å². The summed E-state index contributed by atoms with van der Waals surface area (Å²) in [6.45, 7) is 1.56. The lowest BCUT2D eigenvalue weighted by molar-refractivity contribution is 0.553. The van der Waals surface area contributed by atoms with Gasteiger partial charge in [0.25, 0.3) is 0 Å². The third kappa shape index (κ3) is 4.55. The Morgan fingerprint density at radius 3 is 2.63 bits per heavy atom. The van der Waals surface area contributed by atoms with Crippen molar-refractivity contribution in [2.45, 2.75) is 18.2 Å². The Hall–Kier alpha value is -0.990. The van der Waals surface area contributed by atoms with Gasteiger partial charge in [-0.2, -0.15) is 0 Å². The van der Waals surface area contributed by atoms with E-state index in [4.69, 9.17) is 5.73 Å². The van der Waals surface area contributed by atoms with Crippen molar-refractivity contribution >= 4 is 26.5 Å². The van der Waals surface area contributed by atoms with Gasteiger partial charge in [-0.05, 0) is 31.0 Å². The minimum atomic E-state index is -3.94. The molecule has 1 atom stereocenters. The lowest BCUT2D eigenvalue weighted by atomic mass is 10.2. The minimum absolute atomic E-state index is 0.106. The molecular weight excluding hydrogens is 291 g/mol. The van der Waals surface area contributed by atoms with Crippen molar-refractivity contribution in [2.75, 3.05) is 24.3 Å². The number of benzene rings is 1. The quantitative estimate of drug-likeness (QED) is 0.600. The number of hydrogen-bond acceptors (Lipinski definition) is 4. The summed E-state index contributed by atoms with van der Waals surface area (Å²) in [5.41, 5.74) is 5.89. The second-order valence-electron chi connectivity index (χ2n) is 4.18. The molecule has 108 valence electrons. The third-order valence-corrected chi connectivity index (χ3v) is 4.76. The van der Waals surface area contributed by atoms with Crippen LogP contribution in [0.2, 0.25) is 0 Å². The Morgan fingerprint density at radius 2 is 2.05 bits per heavy atom. The van der Waals surface area contributed by atoms with Gasteiger partial charge < -0.3 is 5.73 Å². The van der Waals surface area contributed by atoms with Gasteiger partial charge in [0.2, 0.25) is 10.0 Å². The van der Waals surface area contributed by atoms with E-state index in [0.717, 1.165) is 6.07 Å². The van der Waals surface area contributed by atoms with Crippen molar-refractivity contribution in [1.82, 2.24) is 4.72 Å². The first-order chi connectivity index (χ1) is 8.74. The molecule has 1 aromatic rings. The highest BCUT2D eigenvalue weighted by Crippen LogP contribution is 2.21. The molecule has 0 aromatic heterocycles. The predicted octanol–water partition coefficient (Wildman–Crippen LogP) is 0.763. The number of nitrogens with one attached hydrogen (secondary N) is 1. The summed E-state index contributed by atoms with van der Waals surface area (Å²) in [4.78, 5) is -0.456. The lowest BCUT2D eigenvalue weighted by Gasteiger charge is -2.09. The van der Waals surface area contributed by atoms with Crippen LogP contribution in [0.4, 0.5) is 10.1 Å². The Kier molecular flexibility index (Phi) is 5.45. The highest BCUT2D eigenvalue weighted by atomic mass is 32.2. The molecule has 1 rings (SSSR count). The Bertz CT molecular complexity index is 588. The van der Waals surface area contributed by atoms with E-state index in [-0.39, 0.29) is 17.8 Å². The molecule has 0 bridgehead atoms. The van der Waals surface area contributed by atoms with Gasteiger partial charge >= 0.3 is 0 Å². The van der Waals surface area contributed by atoms with Crippen molar-refractivity contribution in [3.8, 4) is 0 Å². The fourth-order valence-electron chi connectivity index (χ4n) is 1.52. The summed E-state index contributed by atoms with van der Waals surface area (Å²) in [5.74, 6) is -0.415. The smallest absolute Gasteiger partial charge is 0.243 e. The van der Waals surface area contributed by atoms with Crippen molar-refractivity contribution in [2.24, 2.45) is 0 Å². The molecule has 0 amide bonds. The van der Waals surface area contributed by atoms with Gasteiger partial charge in [-0.3, -0.25) is 4.21 Å². The van der Waals surface area contributed by atoms with E-state index in [0.29, 0.717) is 12.2 Å². The SMILES string of the molecule is Cc1cc(N)cc(S(=O)(=O)NCCCS(C)=O)c1F. The number of aryl methyl sites for hydroxylation is 1. The van der Waals surface area contributed by atoms with Crippen LogP contribution in [0, 0.1) is 12.7 Å². The van der Waals surface area contributed by atoms with Gasteiger partial charge in [-0.15, -0.1) is 0 Å². The number of nitrogen functional groups attached to an aromatic ring is 1. The first-order valence-electron chi connectivity index (χ1n) is 5.59. The van der Waals surface area contributed by atoms with Gasteiger partial charge in [-0.1, -0.05) is 0 Å². The average Bonchev–Trinajstić information content (AvgIpc) is 2.29. The molecule has 0 aliphatic heterocycles. The second-order valence-corrected chi connectivity index (χ2v) is 7.47. The second kappa shape index (κ2) is 6.44. The zero-order chi connectivity index (χ0) is 14.6. The number of hydrogen-bond donors (Lipinski definition) is 2. The van der Waals surface area contributed by atoms with E-state index < -0.39 is 31.5 Å². The summed E-state index contributed by atoms with van der Waals surface area (Å²) in [7, 11) is -4.92. The van der Waals surface area contributed by atoms with Gasteiger partial charge in [0.15, 0.2) is 0 Å². The van der Waals surface area contributed by atoms with Crippen LogP contribution in [0.3, 0.4) is 0 Å². The molecule has 0 saturated heterocycles. The molecular formula is C11H17FN2O3S2. The summed E-state index contributed by atoms with van der Waals surface area (Å²) in [6.07, 6.45) is 1.96. The highest BCUT2D eigenvalue weighted by Gasteiger charge is 2.20. The van der Waals surface area contributed by atoms with Crippen LogP contribution in [0.15, 0.2) is 17.0 Å². The van der Waals surface area contributed by atoms with Crippen molar-refractivity contribution in [3.63, 3.8) is 0 Å². The van der Waals surface area contributed by atoms with Gasteiger partial charge in [0.1, 0.15) is 10.7 Å². The Morgan fingerprint density at radius 1 is 1.42 bits per heavy atom. The molecule has 1 aromatic carbocycles. The van der Waals surface area contributed by atoms with Crippen LogP contribution < -0.4 is 10.5 Å². The van der Waals surface area contributed by atoms with Crippen molar-refractivity contribution in [3.05, 3.63) is 23.5 Å². The fourth-order valence-corrected chi connectivity index (χ4v) is 3.33. The lowest BCUT2D eigenvalue weighted by Crippen LogP contribution is -2.27. The van der Waals surface area contributed by atoms with Crippen molar-refractivity contribution in [1.29, 1.82) is 0 Å². The number of sulfonamides is 1. The van der Waals surface area contributed by atoms with Crippen LogP contribution in [-0.2, 0) is 20.8 Å². The monoisotopic (exact) mass is 308 g/mol. The summed E-state index contributed by atoms with van der Waals surface area (Å²) < 4.78 is 50.7. The number of nitrogens with two attached hydrogens (primary N) is 1. The molecule has 0 fully saturated rings. The third-order valence-electron chi connectivity index (χ3n) is 2.43. The molecule has 0 heterocycles. The summed E-state index contributed by atoms with van der Waals surface area (Å²) >= 11 is 0. The molecule has 19 heavy (non-hydrogen) atoms. The fraction of sp³-hybridized carbons (Fsp3) is 0.455. The normalized spacial score (nSPS) is 13.4. The molecule has 0 spiro atoms. The van der Waals surface area contributed by atoms with E-state index in [1.807, 2.05) is 0 Å². The number of halogens is 1. The molecule has 0 aliphatic carbocycles. The Labute approximate surface area is 114 Å². The van der Waals surface area contributed by atoms with E-state index in [2.05, 4.69) is 4.72 Å². The van der Waals surface area contributed by atoms with E-state index >= 15 is 0 Å². The molecule has 5 nitrogen and oxygen atoms in total. The molecule has 8 heteroatoms. The summed E-state index contributed by atoms with van der Waals surface area (Å²) in [6, 6.07) is 2.46. The number of rotatable bonds is 6. The number of anilines is 1. The van der Waals surface area contributed by atoms with Crippen LogP contribution in [0.25, 0.3) is 0 Å². The van der Waals surface area contributed by atoms with Crippen LogP contribution in [-0.4, -0.2) is 31.2 Å². The Balaban J connectivity index is 2.86. The van der Waals surface area contributed by atoms with Gasteiger partial charge in [0, 0.05) is 35.0 Å². The predicted molar refractivity (Wildman–Crippen MR) is 74.3 cm³/mol. The maximum Gasteiger partial charge on any atom is 0.243 e. The van der Waals surface area contributed by atoms with Gasteiger partial charge in [-0.25, -0.2) is 17.5 Å². The maximum absolute atomic E-state index is 13.8. The molecule has 0 aliphatic rings. The molecule has 1 unspecified atom stereocenters. The van der Waals surface area contributed by atoms with Crippen molar-refractivity contribution < 1.29 is 17.0 Å². The summed E-state index contributed by atoms with van der Waals surface area (Å²) in [5, 5.41) is 0. The maximum atomic E-state index is 13.8. The largest absolute Gasteiger partial charge is 0.399 e. The zero-order valence-corrected chi connectivity index (χ0v) is 12.4. The first-order valence-corrected chi connectivity index (χ1v) is 8.80. The van der Waals surface area contributed by atoms with Crippen LogP contribution in [0.1, 0.15) is 12.0 Å².